The summed E-state index contributed by atoms with van der Waals surface area (Å²) in [4.78, 5) is 19.3. The molecule has 1 saturated heterocycles. The summed E-state index contributed by atoms with van der Waals surface area (Å²) in [7, 11) is 0. The van der Waals surface area contributed by atoms with E-state index in [0.717, 1.165) is 34.6 Å². The maximum Gasteiger partial charge on any atom is 0.387 e. The van der Waals surface area contributed by atoms with E-state index in [0.29, 0.717) is 5.69 Å². The minimum absolute atomic E-state index is 0.0587. The molecule has 146 valence electrons. The Labute approximate surface area is 164 Å². The maximum atomic E-state index is 12.5. The lowest BCUT2D eigenvalue weighted by molar-refractivity contribution is -0.117. The number of rotatable bonds is 6. The third-order valence-corrected chi connectivity index (χ3v) is 5.81. The van der Waals surface area contributed by atoms with Crippen molar-refractivity contribution in [2.24, 2.45) is 0 Å². The van der Waals surface area contributed by atoms with Gasteiger partial charge in [0, 0.05) is 5.69 Å². The molecule has 2 heterocycles. The molecule has 1 amide bonds. The highest BCUT2D eigenvalue weighted by Crippen LogP contribution is 2.36. The van der Waals surface area contributed by atoms with Gasteiger partial charge in [-0.05, 0) is 55.8 Å². The van der Waals surface area contributed by atoms with Crippen molar-refractivity contribution in [2.45, 2.75) is 25.5 Å². The van der Waals surface area contributed by atoms with Crippen LogP contribution in [0.25, 0.3) is 10.2 Å². The molecule has 1 fully saturated rings. The fraction of sp³-hybridized carbons (Fsp3) is 0.300. The van der Waals surface area contributed by atoms with Gasteiger partial charge in [0.1, 0.15) is 10.8 Å². The number of ether oxygens (including phenoxy) is 1. The first-order valence-corrected chi connectivity index (χ1v) is 9.84. The molecule has 28 heavy (non-hydrogen) atoms. The fourth-order valence-corrected chi connectivity index (χ4v) is 4.57. The monoisotopic (exact) mass is 403 g/mol. The Bertz CT molecular complexity index is 928. The molecule has 1 N–H and O–H groups in total. The van der Waals surface area contributed by atoms with Crippen LogP contribution in [0.5, 0.6) is 5.75 Å². The van der Waals surface area contributed by atoms with Crippen molar-refractivity contribution < 1.29 is 18.3 Å². The molecule has 0 aliphatic carbocycles. The number of aromatic nitrogens is 1. The number of fused-ring (bicyclic) bond motifs is 1. The summed E-state index contributed by atoms with van der Waals surface area (Å²) in [5.41, 5.74) is 1.53. The molecule has 1 aliphatic heterocycles. The minimum atomic E-state index is -2.87. The summed E-state index contributed by atoms with van der Waals surface area (Å²) < 4.78 is 29.9. The zero-order chi connectivity index (χ0) is 19.5. The quantitative estimate of drug-likeness (QED) is 0.650. The van der Waals surface area contributed by atoms with E-state index in [2.05, 4.69) is 21.0 Å². The Morgan fingerprint density at radius 3 is 2.79 bits per heavy atom. The lowest BCUT2D eigenvalue weighted by Gasteiger charge is -2.22. The molecular formula is C20H19F2N3O2S. The molecule has 2 aromatic carbocycles. The van der Waals surface area contributed by atoms with Gasteiger partial charge in [0.05, 0.1) is 22.8 Å². The minimum Gasteiger partial charge on any atom is -0.435 e. The van der Waals surface area contributed by atoms with E-state index in [1.165, 1.54) is 12.1 Å². The van der Waals surface area contributed by atoms with E-state index >= 15 is 0 Å². The number of benzene rings is 2. The van der Waals surface area contributed by atoms with E-state index in [4.69, 9.17) is 4.98 Å². The zero-order valence-corrected chi connectivity index (χ0v) is 15.8. The van der Waals surface area contributed by atoms with Gasteiger partial charge < -0.3 is 10.1 Å². The average molecular weight is 403 g/mol. The molecule has 0 spiro atoms. The predicted molar refractivity (Wildman–Crippen MR) is 105 cm³/mol. The van der Waals surface area contributed by atoms with Crippen LogP contribution in [0.4, 0.5) is 14.5 Å². The van der Waals surface area contributed by atoms with Crippen LogP contribution in [0.15, 0.2) is 48.5 Å². The Kier molecular flexibility index (Phi) is 5.50. The first kappa shape index (κ1) is 18.8. The van der Waals surface area contributed by atoms with Gasteiger partial charge in [-0.3, -0.25) is 9.69 Å². The summed E-state index contributed by atoms with van der Waals surface area (Å²) in [5.74, 6) is -0.0843. The zero-order valence-electron chi connectivity index (χ0n) is 15.0. The Hall–Kier alpha value is -2.58. The Balaban J connectivity index is 1.39. The van der Waals surface area contributed by atoms with E-state index in [1.54, 1.807) is 23.5 Å². The van der Waals surface area contributed by atoms with Crippen LogP contribution in [0.2, 0.25) is 0 Å². The van der Waals surface area contributed by atoms with Crippen molar-refractivity contribution in [3.63, 3.8) is 0 Å². The van der Waals surface area contributed by atoms with Gasteiger partial charge in [-0.2, -0.15) is 8.78 Å². The van der Waals surface area contributed by atoms with Crippen molar-refractivity contribution >= 4 is 33.1 Å². The predicted octanol–water partition coefficient (Wildman–Crippen LogP) is 4.67. The van der Waals surface area contributed by atoms with Crippen molar-refractivity contribution in [1.29, 1.82) is 0 Å². The SMILES string of the molecule is O=C(CN1CCCC1c1nc2ccccc2s1)Nc1ccc(OC(F)F)cc1. The first-order chi connectivity index (χ1) is 13.6. The average Bonchev–Trinajstić information content (AvgIpc) is 3.29. The number of nitrogens with one attached hydrogen (secondary N) is 1. The number of anilines is 1. The van der Waals surface area contributed by atoms with Crippen LogP contribution >= 0.6 is 11.3 Å². The molecule has 1 aromatic heterocycles. The van der Waals surface area contributed by atoms with Gasteiger partial charge in [0.2, 0.25) is 5.91 Å². The standard InChI is InChI=1S/C20H19F2N3O2S/c21-20(22)27-14-9-7-13(8-10-14)23-18(26)12-25-11-3-5-16(25)19-24-15-4-1-2-6-17(15)28-19/h1-2,4,6-10,16,20H,3,5,11-12H2,(H,23,26). The second-order valence-electron chi connectivity index (χ2n) is 6.60. The molecule has 1 aliphatic rings. The highest BCUT2D eigenvalue weighted by Gasteiger charge is 2.30. The molecule has 5 nitrogen and oxygen atoms in total. The van der Waals surface area contributed by atoms with Gasteiger partial charge in [-0.1, -0.05) is 12.1 Å². The number of amides is 1. The lowest BCUT2D eigenvalue weighted by Crippen LogP contribution is -2.32. The lowest BCUT2D eigenvalue weighted by atomic mass is 10.2. The third-order valence-electron chi connectivity index (χ3n) is 4.67. The van der Waals surface area contributed by atoms with Crippen LogP contribution in [0, 0.1) is 0 Å². The highest BCUT2D eigenvalue weighted by atomic mass is 32.1. The number of halogens is 2. The van der Waals surface area contributed by atoms with E-state index in [1.807, 2.05) is 18.2 Å². The van der Waals surface area contributed by atoms with Gasteiger partial charge >= 0.3 is 6.61 Å². The number of hydrogen-bond acceptors (Lipinski definition) is 5. The number of likely N-dealkylation sites (tertiary alicyclic amines) is 1. The van der Waals surface area contributed by atoms with E-state index in [-0.39, 0.29) is 24.2 Å². The number of para-hydroxylation sites is 1. The molecule has 0 radical (unpaired) electrons. The van der Waals surface area contributed by atoms with Crippen molar-refractivity contribution in [3.8, 4) is 5.75 Å². The fourth-order valence-electron chi connectivity index (χ4n) is 3.43. The molecule has 0 bridgehead atoms. The highest BCUT2D eigenvalue weighted by molar-refractivity contribution is 7.18. The second kappa shape index (κ2) is 8.20. The Morgan fingerprint density at radius 2 is 2.04 bits per heavy atom. The molecule has 8 heteroatoms. The summed E-state index contributed by atoms with van der Waals surface area (Å²) in [6.45, 7) is -1.76. The first-order valence-electron chi connectivity index (χ1n) is 9.03. The number of nitrogens with zero attached hydrogens (tertiary/aromatic N) is 2. The van der Waals surface area contributed by atoms with Crippen molar-refractivity contribution in [3.05, 3.63) is 53.5 Å². The van der Waals surface area contributed by atoms with Crippen LogP contribution in [-0.4, -0.2) is 35.5 Å². The third kappa shape index (κ3) is 4.28. The molecule has 4 rings (SSSR count). The summed E-state index contributed by atoms with van der Waals surface area (Å²) in [6, 6.07) is 14.1. The van der Waals surface area contributed by atoms with Crippen LogP contribution < -0.4 is 10.1 Å². The van der Waals surface area contributed by atoms with Gasteiger partial charge in [-0.15, -0.1) is 11.3 Å². The smallest absolute Gasteiger partial charge is 0.387 e. The number of hydrogen-bond donors (Lipinski definition) is 1. The normalized spacial score (nSPS) is 17.3. The Morgan fingerprint density at radius 1 is 1.25 bits per heavy atom. The summed E-state index contributed by atoms with van der Waals surface area (Å²) >= 11 is 1.68. The van der Waals surface area contributed by atoms with E-state index < -0.39 is 6.61 Å². The molecule has 3 aromatic rings. The van der Waals surface area contributed by atoms with Crippen molar-refractivity contribution in [1.82, 2.24) is 9.88 Å². The molecule has 0 saturated carbocycles. The van der Waals surface area contributed by atoms with Gasteiger partial charge in [-0.25, -0.2) is 4.98 Å². The summed E-state index contributed by atoms with van der Waals surface area (Å²) in [6.07, 6.45) is 2.00. The number of carbonyl (C=O) groups is 1. The molecule has 1 unspecified atom stereocenters. The number of carbonyl (C=O) groups excluding carboxylic acids is 1. The number of alkyl halides is 2. The van der Waals surface area contributed by atoms with Crippen LogP contribution in [0.1, 0.15) is 23.9 Å². The molecular weight excluding hydrogens is 384 g/mol. The van der Waals surface area contributed by atoms with Gasteiger partial charge in [0.25, 0.3) is 0 Å². The summed E-state index contributed by atoms with van der Waals surface area (Å²) in [5, 5.41) is 3.85. The largest absolute Gasteiger partial charge is 0.435 e. The van der Waals surface area contributed by atoms with Gasteiger partial charge in [0.15, 0.2) is 0 Å². The maximum absolute atomic E-state index is 12.5. The van der Waals surface area contributed by atoms with Crippen LogP contribution in [0.3, 0.4) is 0 Å². The molecule has 1 atom stereocenters. The second-order valence-corrected chi connectivity index (χ2v) is 7.66. The van der Waals surface area contributed by atoms with Crippen molar-refractivity contribution in [2.75, 3.05) is 18.4 Å². The number of thiazole rings is 1. The van der Waals surface area contributed by atoms with E-state index in [9.17, 15) is 13.6 Å². The van der Waals surface area contributed by atoms with Crippen LogP contribution in [-0.2, 0) is 4.79 Å². The topological polar surface area (TPSA) is 54.5 Å².